The van der Waals surface area contributed by atoms with E-state index in [0.717, 1.165) is 11.3 Å². The Morgan fingerprint density at radius 1 is 1.05 bits per heavy atom. The van der Waals surface area contributed by atoms with Crippen molar-refractivity contribution in [3.05, 3.63) is 60.2 Å². The predicted octanol–water partition coefficient (Wildman–Crippen LogP) is 2.99. The highest BCUT2D eigenvalue weighted by Gasteiger charge is 2.01. The number of carbonyl (C=O) groups is 1. The van der Waals surface area contributed by atoms with Gasteiger partial charge in [-0.1, -0.05) is 30.3 Å². The third-order valence-electron chi connectivity index (χ3n) is 2.74. The van der Waals surface area contributed by atoms with Gasteiger partial charge in [-0.05, 0) is 29.8 Å². The van der Waals surface area contributed by atoms with Crippen LogP contribution in [0, 0.1) is 0 Å². The average molecular weight is 286 g/mol. The second-order valence-electron chi connectivity index (χ2n) is 4.36. The molecule has 0 heterocycles. The molecule has 0 unspecified atom stereocenters. The summed E-state index contributed by atoms with van der Waals surface area (Å²) in [5, 5.41) is 5.23. The van der Waals surface area contributed by atoms with E-state index >= 15 is 0 Å². The normalized spacial score (nSPS) is 9.95. The number of nitrogens with one attached hydrogen (secondary N) is 2. The summed E-state index contributed by atoms with van der Waals surface area (Å²) in [5.74, 6) is 0.752. The van der Waals surface area contributed by atoms with E-state index in [2.05, 4.69) is 10.6 Å². The highest BCUT2D eigenvalue weighted by molar-refractivity contribution is 5.89. The molecule has 0 atom stereocenters. The van der Waals surface area contributed by atoms with Crippen LogP contribution in [0.4, 0.5) is 10.5 Å². The molecule has 0 aliphatic rings. The van der Waals surface area contributed by atoms with Gasteiger partial charge in [0.15, 0.2) is 0 Å². The fourth-order valence-corrected chi connectivity index (χ4v) is 1.69. The molecule has 0 saturated heterocycles. The number of benzene rings is 2. The lowest BCUT2D eigenvalue weighted by Gasteiger charge is -2.09. The maximum absolute atomic E-state index is 11.4. The molecule has 0 saturated carbocycles. The first kappa shape index (κ1) is 14.9. The minimum absolute atomic E-state index is 0.171. The molecule has 0 fully saturated rings. The van der Waals surface area contributed by atoms with Gasteiger partial charge < -0.3 is 20.1 Å². The summed E-state index contributed by atoms with van der Waals surface area (Å²) in [5.41, 5.74) is 1.80. The van der Waals surface area contributed by atoms with Crippen LogP contribution in [-0.4, -0.2) is 19.9 Å². The molecule has 2 amide bonds. The van der Waals surface area contributed by atoms with Gasteiger partial charge in [0.1, 0.15) is 19.1 Å². The van der Waals surface area contributed by atoms with Crippen LogP contribution in [0.15, 0.2) is 54.6 Å². The van der Waals surface area contributed by atoms with Crippen LogP contribution in [0.25, 0.3) is 0 Å². The van der Waals surface area contributed by atoms with E-state index in [1.807, 2.05) is 42.5 Å². The maximum atomic E-state index is 11.4. The van der Waals surface area contributed by atoms with E-state index < -0.39 is 0 Å². The molecular weight excluding hydrogens is 268 g/mol. The van der Waals surface area contributed by atoms with Crippen LogP contribution in [0.1, 0.15) is 5.56 Å². The Kier molecular flexibility index (Phi) is 5.60. The molecule has 5 nitrogen and oxygen atoms in total. The van der Waals surface area contributed by atoms with E-state index in [1.54, 1.807) is 12.1 Å². The minimum atomic E-state index is -0.310. The summed E-state index contributed by atoms with van der Waals surface area (Å²) >= 11 is 0. The topological polar surface area (TPSA) is 59.6 Å². The van der Waals surface area contributed by atoms with Gasteiger partial charge in [0.25, 0.3) is 0 Å². The Labute approximate surface area is 123 Å². The molecule has 21 heavy (non-hydrogen) atoms. The Balaban J connectivity index is 1.83. The summed E-state index contributed by atoms with van der Waals surface area (Å²) in [6, 6.07) is 16.8. The maximum Gasteiger partial charge on any atom is 0.321 e. The molecule has 2 N–H and O–H groups in total. The van der Waals surface area contributed by atoms with Crippen molar-refractivity contribution in [3.8, 4) is 5.75 Å². The lowest BCUT2D eigenvalue weighted by Crippen LogP contribution is -2.30. The molecule has 2 rings (SSSR count). The molecular formula is C16H18N2O3. The number of methoxy groups -OCH3 is 1. The summed E-state index contributed by atoms with van der Waals surface area (Å²) in [6.07, 6.45) is 0. The molecule has 110 valence electrons. The predicted molar refractivity (Wildman–Crippen MR) is 81.2 cm³/mol. The summed E-state index contributed by atoms with van der Waals surface area (Å²) in [4.78, 5) is 11.4. The summed E-state index contributed by atoms with van der Waals surface area (Å²) in [6.45, 7) is 0.687. The monoisotopic (exact) mass is 286 g/mol. The van der Waals surface area contributed by atoms with Gasteiger partial charge in [-0.3, -0.25) is 0 Å². The van der Waals surface area contributed by atoms with E-state index in [-0.39, 0.29) is 12.8 Å². The second-order valence-corrected chi connectivity index (χ2v) is 4.36. The Morgan fingerprint density at radius 3 is 2.43 bits per heavy atom. The molecule has 0 radical (unpaired) electrons. The first-order valence-corrected chi connectivity index (χ1v) is 6.58. The number of hydrogen-bond acceptors (Lipinski definition) is 3. The molecule has 0 aromatic heterocycles. The van der Waals surface area contributed by atoms with E-state index in [9.17, 15) is 4.79 Å². The van der Waals surface area contributed by atoms with Crippen LogP contribution in [0.3, 0.4) is 0 Å². The van der Waals surface area contributed by atoms with Gasteiger partial charge in [0.2, 0.25) is 0 Å². The zero-order valence-corrected chi connectivity index (χ0v) is 11.8. The molecule has 2 aromatic carbocycles. The van der Waals surface area contributed by atoms with Gasteiger partial charge in [-0.15, -0.1) is 0 Å². The summed E-state index contributed by atoms with van der Waals surface area (Å²) in [7, 11) is 1.51. The van der Waals surface area contributed by atoms with Crippen molar-refractivity contribution in [3.63, 3.8) is 0 Å². The van der Waals surface area contributed by atoms with Crippen LogP contribution in [0.5, 0.6) is 5.75 Å². The molecule has 0 bridgehead atoms. The fraction of sp³-hybridized carbons (Fsp3) is 0.188. The minimum Gasteiger partial charge on any atom is -0.489 e. The average Bonchev–Trinajstić information content (AvgIpc) is 2.53. The van der Waals surface area contributed by atoms with E-state index in [1.165, 1.54) is 7.11 Å². The highest BCUT2D eigenvalue weighted by Crippen LogP contribution is 2.17. The molecule has 5 heteroatoms. The van der Waals surface area contributed by atoms with Gasteiger partial charge in [-0.2, -0.15) is 0 Å². The Bertz CT molecular complexity index is 555. The van der Waals surface area contributed by atoms with Crippen LogP contribution in [0.2, 0.25) is 0 Å². The largest absolute Gasteiger partial charge is 0.489 e. The Hall–Kier alpha value is -2.53. The Morgan fingerprint density at radius 2 is 1.76 bits per heavy atom. The third kappa shape index (κ3) is 5.16. The van der Waals surface area contributed by atoms with Crippen LogP contribution in [-0.2, 0) is 11.3 Å². The highest BCUT2D eigenvalue weighted by atomic mass is 16.5. The molecule has 0 aliphatic heterocycles. The first-order chi connectivity index (χ1) is 10.3. The SMILES string of the molecule is COCNC(=O)Nc1ccc(OCc2ccccc2)cc1. The van der Waals surface area contributed by atoms with Crippen molar-refractivity contribution in [1.82, 2.24) is 5.32 Å². The van der Waals surface area contributed by atoms with Gasteiger partial charge in [0, 0.05) is 12.8 Å². The van der Waals surface area contributed by atoms with Crippen molar-refractivity contribution >= 4 is 11.7 Å². The van der Waals surface area contributed by atoms with Crippen LogP contribution >= 0.6 is 0 Å². The van der Waals surface area contributed by atoms with Crippen molar-refractivity contribution in [2.45, 2.75) is 6.61 Å². The van der Waals surface area contributed by atoms with E-state index in [0.29, 0.717) is 12.3 Å². The zero-order chi connectivity index (χ0) is 14.9. The number of ether oxygens (including phenoxy) is 2. The van der Waals surface area contributed by atoms with Crippen molar-refractivity contribution < 1.29 is 14.3 Å². The molecule has 2 aromatic rings. The second kappa shape index (κ2) is 7.91. The van der Waals surface area contributed by atoms with Crippen molar-refractivity contribution in [2.75, 3.05) is 19.2 Å². The van der Waals surface area contributed by atoms with Crippen molar-refractivity contribution in [1.29, 1.82) is 0 Å². The number of carbonyl (C=O) groups excluding carboxylic acids is 1. The number of urea groups is 1. The number of rotatable bonds is 6. The first-order valence-electron chi connectivity index (χ1n) is 6.58. The number of anilines is 1. The smallest absolute Gasteiger partial charge is 0.321 e. The quantitative estimate of drug-likeness (QED) is 0.803. The van der Waals surface area contributed by atoms with Gasteiger partial charge in [0.05, 0.1) is 0 Å². The molecule has 0 aliphatic carbocycles. The number of hydrogen-bond donors (Lipinski definition) is 2. The zero-order valence-electron chi connectivity index (χ0n) is 11.8. The lowest BCUT2D eigenvalue weighted by atomic mass is 10.2. The van der Waals surface area contributed by atoms with Crippen LogP contribution < -0.4 is 15.4 Å². The lowest BCUT2D eigenvalue weighted by molar-refractivity contribution is 0.177. The van der Waals surface area contributed by atoms with Gasteiger partial charge in [-0.25, -0.2) is 4.79 Å². The van der Waals surface area contributed by atoms with Gasteiger partial charge >= 0.3 is 6.03 Å². The van der Waals surface area contributed by atoms with Crippen molar-refractivity contribution in [2.24, 2.45) is 0 Å². The summed E-state index contributed by atoms with van der Waals surface area (Å²) < 4.78 is 10.4. The number of amides is 2. The molecule has 0 spiro atoms. The third-order valence-corrected chi connectivity index (χ3v) is 2.74. The fourth-order valence-electron chi connectivity index (χ4n) is 1.69. The standard InChI is InChI=1S/C16H18N2O3/c1-20-12-17-16(19)18-14-7-9-15(10-8-14)21-11-13-5-3-2-4-6-13/h2-10H,11-12H2,1H3,(H2,17,18,19). The van der Waals surface area contributed by atoms with E-state index in [4.69, 9.17) is 9.47 Å².